The number of hydrogen-bond acceptors (Lipinski definition) is 2. The van der Waals surface area contributed by atoms with E-state index in [9.17, 15) is 9.90 Å². The first-order chi connectivity index (χ1) is 7.79. The Morgan fingerprint density at radius 1 is 0.889 bits per heavy atom. The van der Waals surface area contributed by atoms with E-state index in [1.807, 2.05) is 12.1 Å². The highest BCUT2D eigenvalue weighted by molar-refractivity contribution is 5.99. The Bertz CT molecular complexity index is 474. The quantitative estimate of drug-likeness (QED) is 0.766. The van der Waals surface area contributed by atoms with Crippen molar-refractivity contribution in [2.24, 2.45) is 0 Å². The van der Waals surface area contributed by atoms with Gasteiger partial charge in [-0.25, -0.2) is 0 Å². The Hall–Kier alpha value is -1.68. The first-order valence-corrected chi connectivity index (χ1v) is 5.11. The number of aliphatic hydroxyl groups excluding tert-OH is 1. The van der Waals surface area contributed by atoms with Crippen LogP contribution in [0.1, 0.15) is 22.0 Å². The predicted molar refractivity (Wildman–Crippen MR) is 68.2 cm³/mol. The lowest BCUT2D eigenvalue weighted by Gasteiger charge is -2.09. The molecule has 18 heavy (non-hydrogen) atoms. The van der Waals surface area contributed by atoms with Crippen molar-refractivity contribution in [3.8, 4) is 0 Å². The van der Waals surface area contributed by atoms with E-state index >= 15 is 0 Å². The molecule has 0 aliphatic carbocycles. The molecule has 0 bridgehead atoms. The summed E-state index contributed by atoms with van der Waals surface area (Å²) < 4.78 is 0. The van der Waals surface area contributed by atoms with Crippen molar-refractivity contribution in [1.29, 1.82) is 0 Å². The molecule has 2 rings (SSSR count). The van der Waals surface area contributed by atoms with Crippen LogP contribution in [0.4, 0.5) is 0 Å². The number of carbonyl (C=O) groups excluding carboxylic acids is 1. The molecule has 0 saturated heterocycles. The largest absolute Gasteiger partial charge is 1.00 e. The average molecular weight is 266 g/mol. The van der Waals surface area contributed by atoms with Gasteiger partial charge in [-0.3, -0.25) is 4.79 Å². The van der Waals surface area contributed by atoms with Crippen LogP contribution in [0.15, 0.2) is 60.7 Å². The lowest BCUT2D eigenvalue weighted by molar-refractivity contribution is -0.0000114. The second-order valence-electron chi connectivity index (χ2n) is 3.54. The van der Waals surface area contributed by atoms with Crippen LogP contribution < -0.4 is 18.6 Å². The summed E-state index contributed by atoms with van der Waals surface area (Å²) in [5, 5.41) is 9.89. The second-order valence-corrected chi connectivity index (χ2v) is 3.54. The molecule has 1 atom stereocenters. The highest BCUT2D eigenvalue weighted by Crippen LogP contribution is 2.17. The molecule has 0 aromatic heterocycles. The number of benzene rings is 2. The van der Waals surface area contributed by atoms with E-state index in [1.54, 1.807) is 48.5 Å². The molecule has 0 amide bonds. The van der Waals surface area contributed by atoms with E-state index in [4.69, 9.17) is 0 Å². The molecule has 0 fully saturated rings. The smallest absolute Gasteiger partial charge is 0.195 e. The Kier molecular flexibility index (Phi) is 6.90. The predicted octanol–water partition coefficient (Wildman–Crippen LogP) is -0.0169. The number of hydrogen-bond donors (Lipinski definition) is 2. The van der Waals surface area contributed by atoms with Gasteiger partial charge in [0, 0.05) is 5.56 Å². The summed E-state index contributed by atoms with van der Waals surface area (Å²) >= 11 is 0. The highest BCUT2D eigenvalue weighted by atomic mass is 35.5. The number of quaternary nitrogens is 1. The molecule has 0 aliphatic heterocycles. The minimum Gasteiger partial charge on any atom is -1.00 e. The summed E-state index contributed by atoms with van der Waals surface area (Å²) in [6.07, 6.45) is -1.08. The van der Waals surface area contributed by atoms with Crippen molar-refractivity contribution >= 4 is 5.78 Å². The van der Waals surface area contributed by atoms with E-state index in [0.717, 1.165) is 0 Å². The van der Waals surface area contributed by atoms with E-state index in [2.05, 4.69) is 0 Å². The molecule has 3 nitrogen and oxygen atoms in total. The van der Waals surface area contributed by atoms with Crippen molar-refractivity contribution in [1.82, 2.24) is 6.15 Å². The summed E-state index contributed by atoms with van der Waals surface area (Å²) in [4.78, 5) is 11.9. The van der Waals surface area contributed by atoms with Gasteiger partial charge in [-0.05, 0) is 5.56 Å². The molecular weight excluding hydrogens is 250 g/mol. The van der Waals surface area contributed by atoms with Crippen LogP contribution in [0.5, 0.6) is 0 Å². The lowest BCUT2D eigenvalue weighted by Crippen LogP contribution is -3.00. The fourth-order valence-corrected chi connectivity index (χ4v) is 1.55. The molecule has 0 spiro atoms. The first-order valence-electron chi connectivity index (χ1n) is 5.11. The number of aliphatic hydroxyl groups is 1. The van der Waals surface area contributed by atoms with Gasteiger partial charge in [0.15, 0.2) is 5.78 Å². The summed E-state index contributed by atoms with van der Waals surface area (Å²) in [7, 11) is 0. The van der Waals surface area contributed by atoms with Crippen LogP contribution in [0.3, 0.4) is 0 Å². The maximum atomic E-state index is 11.9. The fourth-order valence-electron chi connectivity index (χ4n) is 1.55. The third-order valence-corrected chi connectivity index (χ3v) is 2.42. The normalized spacial score (nSPS) is 10.7. The average Bonchev–Trinajstić information content (AvgIpc) is 2.39. The van der Waals surface area contributed by atoms with Gasteiger partial charge in [-0.2, -0.15) is 0 Å². The SMILES string of the molecule is O=C(c1ccccc1)C(O)c1ccccc1.[Cl-].[NH4+]. The molecule has 4 heteroatoms. The zero-order valence-corrected chi connectivity index (χ0v) is 10.8. The van der Waals surface area contributed by atoms with E-state index in [1.165, 1.54) is 0 Å². The van der Waals surface area contributed by atoms with Gasteiger partial charge >= 0.3 is 0 Å². The fraction of sp³-hybridized carbons (Fsp3) is 0.0714. The molecular formula is C14H16ClNO2. The van der Waals surface area contributed by atoms with Crippen molar-refractivity contribution in [2.45, 2.75) is 6.10 Å². The van der Waals surface area contributed by atoms with Crippen LogP contribution in [0.25, 0.3) is 0 Å². The maximum Gasteiger partial charge on any atom is 0.195 e. The van der Waals surface area contributed by atoms with E-state index in [0.29, 0.717) is 11.1 Å². The van der Waals surface area contributed by atoms with Gasteiger partial charge < -0.3 is 23.7 Å². The lowest BCUT2D eigenvalue weighted by atomic mass is 10.0. The van der Waals surface area contributed by atoms with Gasteiger partial charge in [-0.1, -0.05) is 60.7 Å². The zero-order chi connectivity index (χ0) is 11.4. The molecule has 2 aromatic carbocycles. The minimum atomic E-state index is -1.08. The van der Waals surface area contributed by atoms with Gasteiger partial charge in [0.1, 0.15) is 6.10 Å². The second kappa shape index (κ2) is 7.61. The molecule has 2 aromatic rings. The minimum absolute atomic E-state index is 0. The van der Waals surface area contributed by atoms with Gasteiger partial charge in [-0.15, -0.1) is 0 Å². The van der Waals surface area contributed by atoms with Crippen LogP contribution in [-0.2, 0) is 0 Å². The molecule has 96 valence electrons. The third kappa shape index (κ3) is 3.67. The standard InChI is InChI=1S/C14H12O2.ClH.H3N/c15-13(11-7-3-1-4-8-11)14(16)12-9-5-2-6-10-12;;/h1-10,13,15H;1H;1H3. The summed E-state index contributed by atoms with van der Waals surface area (Å²) in [5.41, 5.74) is 1.15. The summed E-state index contributed by atoms with van der Waals surface area (Å²) in [5.74, 6) is -0.271. The van der Waals surface area contributed by atoms with Crippen molar-refractivity contribution in [2.75, 3.05) is 0 Å². The molecule has 0 heterocycles. The van der Waals surface area contributed by atoms with Crippen LogP contribution >= 0.6 is 0 Å². The van der Waals surface area contributed by atoms with Crippen LogP contribution in [0, 0.1) is 0 Å². The Morgan fingerprint density at radius 3 is 1.83 bits per heavy atom. The number of Topliss-reactive ketones (excluding diaryl/α,β-unsaturated/α-hetero) is 1. The monoisotopic (exact) mass is 265 g/mol. The first kappa shape index (κ1) is 16.3. The molecule has 0 aliphatic rings. The van der Waals surface area contributed by atoms with Crippen molar-refractivity contribution < 1.29 is 22.3 Å². The van der Waals surface area contributed by atoms with E-state index < -0.39 is 6.10 Å². The Morgan fingerprint density at radius 2 is 1.33 bits per heavy atom. The number of carbonyl (C=O) groups is 1. The van der Waals surface area contributed by atoms with Gasteiger partial charge in [0.05, 0.1) is 0 Å². The maximum absolute atomic E-state index is 11.9. The molecule has 0 radical (unpaired) electrons. The topological polar surface area (TPSA) is 73.8 Å². The Labute approximate surface area is 112 Å². The molecule has 0 saturated carbocycles. The van der Waals surface area contributed by atoms with Crippen LogP contribution in [-0.4, -0.2) is 10.9 Å². The third-order valence-electron chi connectivity index (χ3n) is 2.42. The molecule has 5 N–H and O–H groups in total. The number of ketones is 1. The Balaban J connectivity index is 0.00000144. The van der Waals surface area contributed by atoms with Crippen LogP contribution in [0.2, 0.25) is 0 Å². The number of rotatable bonds is 3. The zero-order valence-electron chi connectivity index (χ0n) is 10.1. The molecule has 1 unspecified atom stereocenters. The van der Waals surface area contributed by atoms with Crippen molar-refractivity contribution in [3.05, 3.63) is 71.8 Å². The van der Waals surface area contributed by atoms with Gasteiger partial charge in [0.2, 0.25) is 0 Å². The number of halogens is 1. The van der Waals surface area contributed by atoms with Crippen molar-refractivity contribution in [3.63, 3.8) is 0 Å². The summed E-state index contributed by atoms with van der Waals surface area (Å²) in [6, 6.07) is 17.7. The van der Waals surface area contributed by atoms with E-state index in [-0.39, 0.29) is 24.3 Å². The van der Waals surface area contributed by atoms with Gasteiger partial charge in [0.25, 0.3) is 0 Å². The highest BCUT2D eigenvalue weighted by Gasteiger charge is 2.18. The summed E-state index contributed by atoms with van der Waals surface area (Å²) in [6.45, 7) is 0.